The molecule has 0 bridgehead atoms. The molecule has 2 atom stereocenters. The van der Waals surface area contributed by atoms with Crippen molar-refractivity contribution in [2.24, 2.45) is 4.99 Å². The number of carboxylic acids is 1. The number of benzene rings is 4. The Morgan fingerprint density at radius 1 is 0.902 bits per heavy atom. The molecule has 0 unspecified atom stereocenters. The van der Waals surface area contributed by atoms with Crippen molar-refractivity contribution in [2.45, 2.75) is 31.6 Å². The summed E-state index contributed by atoms with van der Waals surface area (Å²) in [7, 11) is 0. The van der Waals surface area contributed by atoms with Gasteiger partial charge in [-0.15, -0.1) is 0 Å². The minimum absolute atomic E-state index is 0.113. The predicted octanol–water partition coefficient (Wildman–Crippen LogP) is 5.79. The summed E-state index contributed by atoms with van der Waals surface area (Å²) in [4.78, 5) is 32.7. The standard InChI is InChI=1S/C33H31FN4O3/c34-25-17-19-26(20-18-25)35-31(33(40)41)37-30(24-12-5-2-6-13-24)27-14-7-8-15-28(27)36-32(39)29-16-9-21-38(29)22-23-10-3-1-4-11-23/h1-8,10-15,17-20,29,31,35H,9,16,21-22H2,(H,36,39)(H,40,41)/b37-30+/t29-,31+/m0/s1. The van der Waals surface area contributed by atoms with Crippen LogP contribution >= 0.6 is 0 Å². The largest absolute Gasteiger partial charge is 0.478 e. The van der Waals surface area contributed by atoms with E-state index in [1.165, 1.54) is 24.3 Å². The fraction of sp³-hybridized carbons (Fsp3) is 0.182. The first-order valence-corrected chi connectivity index (χ1v) is 13.5. The first kappa shape index (κ1) is 27.7. The number of carbonyl (C=O) groups excluding carboxylic acids is 1. The van der Waals surface area contributed by atoms with Crippen molar-refractivity contribution in [1.29, 1.82) is 0 Å². The van der Waals surface area contributed by atoms with Gasteiger partial charge in [0, 0.05) is 23.4 Å². The number of likely N-dealkylation sites (tertiary alicyclic amines) is 1. The summed E-state index contributed by atoms with van der Waals surface area (Å²) in [5.74, 6) is -1.74. The van der Waals surface area contributed by atoms with Gasteiger partial charge in [0.05, 0.1) is 17.4 Å². The van der Waals surface area contributed by atoms with Gasteiger partial charge in [-0.2, -0.15) is 0 Å². The number of carbonyl (C=O) groups is 2. The van der Waals surface area contributed by atoms with Crippen molar-refractivity contribution in [2.75, 3.05) is 17.2 Å². The number of hydrogen-bond donors (Lipinski definition) is 3. The summed E-state index contributed by atoms with van der Waals surface area (Å²) >= 11 is 0. The normalized spacial score (nSPS) is 16.2. The van der Waals surface area contributed by atoms with Gasteiger partial charge in [-0.3, -0.25) is 9.69 Å². The zero-order valence-electron chi connectivity index (χ0n) is 22.4. The van der Waals surface area contributed by atoms with E-state index in [0.717, 1.165) is 24.9 Å². The molecule has 1 heterocycles. The highest BCUT2D eigenvalue weighted by molar-refractivity contribution is 6.17. The number of nitrogens with zero attached hydrogens (tertiary/aromatic N) is 2. The highest BCUT2D eigenvalue weighted by atomic mass is 19.1. The topological polar surface area (TPSA) is 94.0 Å². The van der Waals surface area contributed by atoms with Crippen molar-refractivity contribution in [3.63, 3.8) is 0 Å². The van der Waals surface area contributed by atoms with Crippen LogP contribution in [0.25, 0.3) is 0 Å². The first-order chi connectivity index (χ1) is 20.0. The minimum atomic E-state index is -1.37. The van der Waals surface area contributed by atoms with Crippen molar-refractivity contribution in [3.05, 3.63) is 132 Å². The lowest BCUT2D eigenvalue weighted by Crippen LogP contribution is -2.39. The molecule has 7 nitrogen and oxygen atoms in total. The van der Waals surface area contributed by atoms with Gasteiger partial charge >= 0.3 is 5.97 Å². The lowest BCUT2D eigenvalue weighted by Gasteiger charge is -2.24. The Hall–Kier alpha value is -4.82. The molecule has 0 aromatic heterocycles. The summed E-state index contributed by atoms with van der Waals surface area (Å²) in [5, 5.41) is 16.0. The third-order valence-electron chi connectivity index (χ3n) is 7.02. The molecule has 1 fully saturated rings. The minimum Gasteiger partial charge on any atom is -0.478 e. The maximum absolute atomic E-state index is 13.6. The number of carboxylic acid groups (broad SMARTS) is 1. The number of halogens is 1. The van der Waals surface area contributed by atoms with Crippen molar-refractivity contribution < 1.29 is 19.1 Å². The van der Waals surface area contributed by atoms with Crippen LogP contribution in [-0.2, 0) is 16.1 Å². The Kier molecular flexibility index (Phi) is 8.81. The Bertz CT molecular complexity index is 1510. The van der Waals surface area contributed by atoms with Gasteiger partial charge in [0.2, 0.25) is 12.1 Å². The smallest absolute Gasteiger partial charge is 0.349 e. The second-order valence-corrected chi connectivity index (χ2v) is 9.88. The van der Waals surface area contributed by atoms with Gasteiger partial charge in [-0.25, -0.2) is 14.2 Å². The zero-order valence-corrected chi connectivity index (χ0v) is 22.4. The van der Waals surface area contributed by atoms with Crippen LogP contribution in [0.1, 0.15) is 29.5 Å². The molecular weight excluding hydrogens is 519 g/mol. The molecule has 4 aromatic carbocycles. The summed E-state index contributed by atoms with van der Waals surface area (Å²) in [6, 6.07) is 31.7. The summed E-state index contributed by atoms with van der Waals surface area (Å²) < 4.78 is 13.4. The van der Waals surface area contributed by atoms with Gasteiger partial charge in [0.15, 0.2) is 0 Å². The fourth-order valence-electron chi connectivity index (χ4n) is 5.02. The van der Waals surface area contributed by atoms with Crippen LogP contribution in [-0.4, -0.2) is 46.3 Å². The monoisotopic (exact) mass is 550 g/mol. The lowest BCUT2D eigenvalue weighted by molar-refractivity contribution is -0.137. The molecule has 8 heteroatoms. The molecule has 0 radical (unpaired) electrons. The molecule has 3 N–H and O–H groups in total. The van der Waals surface area contributed by atoms with Crippen LogP contribution in [0.15, 0.2) is 114 Å². The highest BCUT2D eigenvalue weighted by Gasteiger charge is 2.31. The third kappa shape index (κ3) is 7.04. The zero-order chi connectivity index (χ0) is 28.6. The van der Waals surface area contributed by atoms with Crippen LogP contribution in [0, 0.1) is 5.82 Å². The molecule has 0 spiro atoms. The molecule has 1 amide bonds. The molecule has 5 rings (SSSR count). The number of rotatable bonds is 10. The summed E-state index contributed by atoms with van der Waals surface area (Å²) in [6.45, 7) is 1.52. The summed E-state index contributed by atoms with van der Waals surface area (Å²) in [6.07, 6.45) is 0.317. The fourth-order valence-corrected chi connectivity index (χ4v) is 5.02. The number of aliphatic imine (C=N–C) groups is 1. The van der Waals surface area contributed by atoms with E-state index >= 15 is 0 Å². The lowest BCUT2D eigenvalue weighted by atomic mass is 10.00. The molecule has 1 saturated heterocycles. The second-order valence-electron chi connectivity index (χ2n) is 9.88. The number of amides is 1. The molecule has 4 aromatic rings. The molecule has 0 aliphatic carbocycles. The van der Waals surface area contributed by atoms with Crippen molar-refractivity contribution in [1.82, 2.24) is 4.90 Å². The van der Waals surface area contributed by atoms with Gasteiger partial charge in [0.1, 0.15) is 5.82 Å². The molecule has 208 valence electrons. The van der Waals surface area contributed by atoms with E-state index in [0.29, 0.717) is 34.8 Å². The number of anilines is 2. The quantitative estimate of drug-likeness (QED) is 0.217. The Morgan fingerprint density at radius 2 is 1.56 bits per heavy atom. The molecular formula is C33H31FN4O3. The van der Waals surface area contributed by atoms with E-state index in [9.17, 15) is 19.1 Å². The number of hydrogen-bond acceptors (Lipinski definition) is 5. The van der Waals surface area contributed by atoms with Crippen LogP contribution in [0.5, 0.6) is 0 Å². The van der Waals surface area contributed by atoms with Crippen LogP contribution in [0.4, 0.5) is 15.8 Å². The Morgan fingerprint density at radius 3 is 2.27 bits per heavy atom. The molecule has 1 aliphatic rings. The van der Waals surface area contributed by atoms with E-state index in [4.69, 9.17) is 0 Å². The van der Waals surface area contributed by atoms with Gasteiger partial charge in [-0.05, 0) is 55.3 Å². The van der Waals surface area contributed by atoms with E-state index < -0.39 is 18.0 Å². The highest BCUT2D eigenvalue weighted by Crippen LogP contribution is 2.25. The number of aliphatic carboxylic acids is 1. The van der Waals surface area contributed by atoms with E-state index in [1.807, 2.05) is 66.7 Å². The molecule has 1 aliphatic heterocycles. The SMILES string of the molecule is O=C(O)[C@@H](/N=C(\c1ccccc1)c1ccccc1NC(=O)[C@@H]1CCCN1Cc1ccccc1)Nc1ccc(F)cc1. The van der Waals surface area contributed by atoms with Crippen LogP contribution < -0.4 is 10.6 Å². The molecule has 0 saturated carbocycles. The Balaban J connectivity index is 1.45. The molecule has 41 heavy (non-hydrogen) atoms. The summed E-state index contributed by atoms with van der Waals surface area (Å²) in [5.41, 5.74) is 3.78. The third-order valence-corrected chi connectivity index (χ3v) is 7.02. The average Bonchev–Trinajstić information content (AvgIpc) is 3.46. The number of para-hydroxylation sites is 1. The van der Waals surface area contributed by atoms with Crippen molar-refractivity contribution in [3.8, 4) is 0 Å². The van der Waals surface area contributed by atoms with E-state index in [2.05, 4.69) is 32.7 Å². The van der Waals surface area contributed by atoms with Crippen molar-refractivity contribution >= 4 is 29.0 Å². The average molecular weight is 551 g/mol. The van der Waals surface area contributed by atoms with Crippen LogP contribution in [0.2, 0.25) is 0 Å². The van der Waals surface area contributed by atoms with E-state index in [1.54, 1.807) is 6.07 Å². The number of nitrogens with one attached hydrogen (secondary N) is 2. The maximum Gasteiger partial charge on any atom is 0.349 e. The van der Waals surface area contributed by atoms with Gasteiger partial charge in [0.25, 0.3) is 0 Å². The second kappa shape index (κ2) is 13.0. The van der Waals surface area contributed by atoms with Crippen LogP contribution in [0.3, 0.4) is 0 Å². The van der Waals surface area contributed by atoms with Gasteiger partial charge in [-0.1, -0.05) is 78.9 Å². The first-order valence-electron chi connectivity index (χ1n) is 13.5. The maximum atomic E-state index is 13.6. The van der Waals surface area contributed by atoms with E-state index in [-0.39, 0.29) is 11.9 Å². The predicted molar refractivity (Wildman–Crippen MR) is 158 cm³/mol. The Labute approximate surface area is 238 Å². The van der Waals surface area contributed by atoms with Gasteiger partial charge < -0.3 is 15.7 Å².